The van der Waals surface area contributed by atoms with Crippen molar-refractivity contribution in [3.8, 4) is 0 Å². The molecule has 0 unspecified atom stereocenters. The van der Waals surface area contributed by atoms with E-state index in [-0.39, 0.29) is 0 Å². The Bertz CT molecular complexity index is 77.4. The molecule has 0 atom stereocenters. The highest BCUT2D eigenvalue weighted by Gasteiger charge is 1.81. The molecule has 4 nitrogen and oxygen atoms in total. The topological polar surface area (TPSA) is 45.3 Å². The first kappa shape index (κ1) is 9.42. The maximum atomic E-state index is 4.82. The van der Waals surface area contributed by atoms with Gasteiger partial charge in [-0.15, -0.1) is 0 Å². The van der Waals surface area contributed by atoms with Crippen molar-refractivity contribution in [2.45, 2.75) is 0 Å². The number of hydrogen-bond donors (Lipinski definition) is 3. The Morgan fingerprint density at radius 1 is 1.60 bits per heavy atom. The molecule has 0 rings (SSSR count). The van der Waals surface area contributed by atoms with E-state index >= 15 is 0 Å². The van der Waals surface area contributed by atoms with E-state index in [0.717, 1.165) is 13.2 Å². The maximum Gasteiger partial charge on any atom is 0.0638 e. The largest absolute Gasteiger partial charge is 0.383 e. The van der Waals surface area contributed by atoms with Crippen molar-refractivity contribution in [1.29, 1.82) is 0 Å². The molecule has 0 aromatic carbocycles. The van der Waals surface area contributed by atoms with E-state index in [1.165, 1.54) is 0 Å². The van der Waals surface area contributed by atoms with Crippen LogP contribution in [0.3, 0.4) is 0 Å². The number of rotatable bonds is 7. The van der Waals surface area contributed by atoms with Gasteiger partial charge in [0.05, 0.1) is 13.3 Å². The summed E-state index contributed by atoms with van der Waals surface area (Å²) in [6, 6.07) is 0. The van der Waals surface area contributed by atoms with Crippen molar-refractivity contribution in [2.24, 2.45) is 0 Å². The fourth-order valence-electron chi connectivity index (χ4n) is 0.448. The molecule has 0 aromatic rings. The lowest BCUT2D eigenvalue weighted by molar-refractivity contribution is 0.198. The molecule has 0 aliphatic carbocycles. The second-order valence-electron chi connectivity index (χ2n) is 1.69. The summed E-state index contributed by atoms with van der Waals surface area (Å²) in [5.74, 6) is 0. The van der Waals surface area contributed by atoms with Crippen LogP contribution in [0.4, 0.5) is 0 Å². The SMILES string of the molecule is C=CNNCNCCOC. The van der Waals surface area contributed by atoms with Gasteiger partial charge in [0, 0.05) is 19.9 Å². The quantitative estimate of drug-likeness (QED) is 0.255. The van der Waals surface area contributed by atoms with Gasteiger partial charge in [-0.1, -0.05) is 6.58 Å². The Kier molecular flexibility index (Phi) is 7.93. The van der Waals surface area contributed by atoms with Crippen molar-refractivity contribution in [3.05, 3.63) is 12.8 Å². The number of hydrogen-bond acceptors (Lipinski definition) is 4. The standard InChI is InChI=1S/C6H15N3O/c1-3-8-9-6-7-4-5-10-2/h3,7-9H,1,4-6H2,2H3. The third kappa shape index (κ3) is 7.42. The van der Waals surface area contributed by atoms with E-state index in [2.05, 4.69) is 22.7 Å². The van der Waals surface area contributed by atoms with E-state index in [1.807, 2.05) is 0 Å². The Hall–Kier alpha value is -0.580. The minimum Gasteiger partial charge on any atom is -0.383 e. The van der Waals surface area contributed by atoms with Gasteiger partial charge in [-0.3, -0.25) is 0 Å². The molecule has 0 aliphatic rings. The predicted octanol–water partition coefficient (Wildman–Crippen LogP) is -0.582. The highest BCUT2D eigenvalue weighted by Crippen LogP contribution is 1.60. The van der Waals surface area contributed by atoms with Gasteiger partial charge in [0.2, 0.25) is 0 Å². The van der Waals surface area contributed by atoms with Gasteiger partial charge in [-0.05, 0) is 0 Å². The van der Waals surface area contributed by atoms with Crippen LogP contribution < -0.4 is 16.2 Å². The van der Waals surface area contributed by atoms with Gasteiger partial charge >= 0.3 is 0 Å². The summed E-state index contributed by atoms with van der Waals surface area (Å²) in [4.78, 5) is 0. The van der Waals surface area contributed by atoms with Crippen molar-refractivity contribution < 1.29 is 4.74 Å². The van der Waals surface area contributed by atoms with Gasteiger partial charge in [0.15, 0.2) is 0 Å². The molecule has 0 heterocycles. The van der Waals surface area contributed by atoms with Gasteiger partial charge < -0.3 is 15.5 Å². The highest BCUT2D eigenvalue weighted by molar-refractivity contribution is 4.57. The van der Waals surface area contributed by atoms with Crippen LogP contribution in [0.15, 0.2) is 12.8 Å². The van der Waals surface area contributed by atoms with E-state index in [1.54, 1.807) is 13.3 Å². The first-order valence-electron chi connectivity index (χ1n) is 3.20. The second kappa shape index (κ2) is 8.42. The molecule has 0 bridgehead atoms. The Morgan fingerprint density at radius 3 is 3.00 bits per heavy atom. The first-order chi connectivity index (χ1) is 4.91. The molecule has 0 spiro atoms. The molecule has 60 valence electrons. The zero-order valence-electron chi connectivity index (χ0n) is 6.31. The normalized spacial score (nSPS) is 9.30. The summed E-state index contributed by atoms with van der Waals surface area (Å²) in [5.41, 5.74) is 5.59. The molecule has 4 heteroatoms. The van der Waals surface area contributed by atoms with Crippen molar-refractivity contribution in [1.82, 2.24) is 16.2 Å². The molecular weight excluding hydrogens is 130 g/mol. The number of hydrazine groups is 1. The van der Waals surface area contributed by atoms with E-state index in [0.29, 0.717) is 6.67 Å². The highest BCUT2D eigenvalue weighted by atomic mass is 16.5. The van der Waals surface area contributed by atoms with Crippen LogP contribution in [0, 0.1) is 0 Å². The van der Waals surface area contributed by atoms with Crippen molar-refractivity contribution >= 4 is 0 Å². The Morgan fingerprint density at radius 2 is 2.40 bits per heavy atom. The molecule has 0 amide bonds. The number of nitrogens with one attached hydrogen (secondary N) is 3. The first-order valence-corrected chi connectivity index (χ1v) is 3.20. The van der Waals surface area contributed by atoms with Crippen LogP contribution in [0.1, 0.15) is 0 Å². The molecule has 0 aliphatic heterocycles. The third-order valence-electron chi connectivity index (χ3n) is 0.900. The van der Waals surface area contributed by atoms with E-state index < -0.39 is 0 Å². The van der Waals surface area contributed by atoms with Crippen LogP contribution in [-0.4, -0.2) is 26.9 Å². The fraction of sp³-hybridized carbons (Fsp3) is 0.667. The molecule has 0 saturated heterocycles. The summed E-state index contributed by atoms with van der Waals surface area (Å²) in [6.07, 6.45) is 1.58. The maximum absolute atomic E-state index is 4.82. The molecule has 10 heavy (non-hydrogen) atoms. The Labute approximate surface area is 61.6 Å². The lowest BCUT2D eigenvalue weighted by Crippen LogP contribution is -2.37. The van der Waals surface area contributed by atoms with Gasteiger partial charge in [-0.2, -0.15) is 0 Å². The molecule has 0 fully saturated rings. The average molecular weight is 145 g/mol. The lowest BCUT2D eigenvalue weighted by Gasteiger charge is -2.04. The molecule has 0 aromatic heterocycles. The summed E-state index contributed by atoms with van der Waals surface area (Å²) < 4.78 is 4.82. The van der Waals surface area contributed by atoms with Gasteiger partial charge in [-0.25, -0.2) is 5.43 Å². The molecule has 0 saturated carbocycles. The van der Waals surface area contributed by atoms with Crippen molar-refractivity contribution in [2.75, 3.05) is 26.9 Å². The van der Waals surface area contributed by atoms with E-state index in [4.69, 9.17) is 4.74 Å². The zero-order valence-corrected chi connectivity index (χ0v) is 6.31. The fourth-order valence-corrected chi connectivity index (χ4v) is 0.448. The van der Waals surface area contributed by atoms with E-state index in [9.17, 15) is 0 Å². The van der Waals surface area contributed by atoms with Gasteiger partial charge in [0.1, 0.15) is 0 Å². The third-order valence-corrected chi connectivity index (χ3v) is 0.900. The summed E-state index contributed by atoms with van der Waals surface area (Å²) in [6.45, 7) is 5.75. The molecule has 0 radical (unpaired) electrons. The number of methoxy groups -OCH3 is 1. The number of ether oxygens (including phenoxy) is 1. The van der Waals surface area contributed by atoms with Crippen molar-refractivity contribution in [3.63, 3.8) is 0 Å². The average Bonchev–Trinajstić information content (AvgIpc) is 1.97. The van der Waals surface area contributed by atoms with Crippen LogP contribution >= 0.6 is 0 Å². The van der Waals surface area contributed by atoms with Crippen LogP contribution in [-0.2, 0) is 4.74 Å². The second-order valence-corrected chi connectivity index (χ2v) is 1.69. The monoisotopic (exact) mass is 145 g/mol. The van der Waals surface area contributed by atoms with Crippen LogP contribution in [0.5, 0.6) is 0 Å². The smallest absolute Gasteiger partial charge is 0.0638 e. The summed E-state index contributed by atoms with van der Waals surface area (Å²) in [5, 5.41) is 3.07. The summed E-state index contributed by atoms with van der Waals surface area (Å²) in [7, 11) is 1.68. The predicted molar refractivity (Wildman–Crippen MR) is 41.2 cm³/mol. The van der Waals surface area contributed by atoms with Crippen LogP contribution in [0.2, 0.25) is 0 Å². The van der Waals surface area contributed by atoms with Crippen LogP contribution in [0.25, 0.3) is 0 Å². The molecular formula is C6H15N3O. The minimum absolute atomic E-state index is 0.704. The Balaban J connectivity index is 2.70. The van der Waals surface area contributed by atoms with Gasteiger partial charge in [0.25, 0.3) is 0 Å². The zero-order chi connectivity index (χ0) is 7.66. The molecule has 3 N–H and O–H groups in total. The minimum atomic E-state index is 0.704. The lowest BCUT2D eigenvalue weighted by atomic mass is 10.7. The summed E-state index contributed by atoms with van der Waals surface area (Å²) >= 11 is 0.